The van der Waals surface area contributed by atoms with Crippen molar-refractivity contribution in [1.29, 1.82) is 0 Å². The summed E-state index contributed by atoms with van der Waals surface area (Å²) < 4.78 is 4.80. The maximum absolute atomic E-state index is 4.80. The maximum atomic E-state index is 4.80. The second kappa shape index (κ2) is 8.61. The predicted molar refractivity (Wildman–Crippen MR) is 80.5 cm³/mol. The number of hydrogen-bond acceptors (Lipinski definition) is 3. The van der Waals surface area contributed by atoms with Gasteiger partial charge in [0, 0.05) is 19.7 Å². The summed E-state index contributed by atoms with van der Waals surface area (Å²) in [6.07, 6.45) is 11.3. The molecule has 0 radical (unpaired) electrons. The van der Waals surface area contributed by atoms with E-state index in [1.54, 1.807) is 13.3 Å². The zero-order valence-corrected chi connectivity index (χ0v) is 12.4. The lowest BCUT2D eigenvalue weighted by Crippen LogP contribution is -2.37. The molecule has 0 bridgehead atoms. The van der Waals surface area contributed by atoms with Gasteiger partial charge in [-0.3, -0.25) is 4.99 Å². The van der Waals surface area contributed by atoms with E-state index >= 15 is 0 Å². The van der Waals surface area contributed by atoms with Crippen LogP contribution in [0.5, 0.6) is 0 Å². The predicted octanol–water partition coefficient (Wildman–Crippen LogP) is 2.70. The molecule has 2 N–H and O–H groups in total. The number of aliphatic imine (C=N–C) groups is 1. The molecule has 1 heterocycles. The van der Waals surface area contributed by atoms with Gasteiger partial charge in [0.2, 0.25) is 0 Å². The Balaban J connectivity index is 1.56. The summed E-state index contributed by atoms with van der Waals surface area (Å²) in [4.78, 5) is 4.21. The zero-order chi connectivity index (χ0) is 14.0. The van der Waals surface area contributed by atoms with Crippen LogP contribution in [0.2, 0.25) is 0 Å². The molecular formula is C15H26N4O. The largest absolute Gasteiger partial charge is 0.364 e. The summed E-state index contributed by atoms with van der Waals surface area (Å²) in [5, 5.41) is 10.4. The van der Waals surface area contributed by atoms with Crippen LogP contribution in [0.4, 0.5) is 0 Å². The Morgan fingerprint density at radius 3 is 2.90 bits per heavy atom. The molecule has 1 fully saturated rings. The van der Waals surface area contributed by atoms with Crippen LogP contribution in [0.1, 0.15) is 50.6 Å². The fraction of sp³-hybridized carbons (Fsp3) is 0.733. The highest BCUT2D eigenvalue weighted by Crippen LogP contribution is 2.26. The van der Waals surface area contributed by atoms with Crippen molar-refractivity contribution in [3.05, 3.63) is 18.0 Å². The third kappa shape index (κ3) is 5.23. The molecule has 1 aromatic rings. The SMILES string of the molecule is CN=C(NCCCC1CCCCC1)NCc1ccon1. The Hall–Kier alpha value is -1.52. The average molecular weight is 278 g/mol. The van der Waals surface area contributed by atoms with Crippen LogP contribution in [0.15, 0.2) is 21.8 Å². The van der Waals surface area contributed by atoms with E-state index in [9.17, 15) is 0 Å². The Morgan fingerprint density at radius 1 is 1.35 bits per heavy atom. The smallest absolute Gasteiger partial charge is 0.191 e. The molecular weight excluding hydrogens is 252 g/mol. The number of hydrogen-bond donors (Lipinski definition) is 2. The van der Waals surface area contributed by atoms with E-state index in [0.717, 1.165) is 24.1 Å². The van der Waals surface area contributed by atoms with Gasteiger partial charge in [0.1, 0.15) is 12.0 Å². The summed E-state index contributed by atoms with van der Waals surface area (Å²) >= 11 is 0. The highest BCUT2D eigenvalue weighted by Gasteiger charge is 2.12. The first-order chi connectivity index (χ1) is 9.88. The van der Waals surface area contributed by atoms with E-state index in [0.29, 0.717) is 6.54 Å². The van der Waals surface area contributed by atoms with Crippen molar-refractivity contribution in [2.24, 2.45) is 10.9 Å². The van der Waals surface area contributed by atoms with E-state index in [1.165, 1.54) is 44.9 Å². The lowest BCUT2D eigenvalue weighted by Gasteiger charge is -2.21. The van der Waals surface area contributed by atoms with Gasteiger partial charge in [-0.15, -0.1) is 0 Å². The molecule has 0 spiro atoms. The molecule has 0 saturated heterocycles. The fourth-order valence-electron chi connectivity index (χ4n) is 2.80. The molecule has 1 aliphatic carbocycles. The van der Waals surface area contributed by atoms with Crippen LogP contribution < -0.4 is 10.6 Å². The van der Waals surface area contributed by atoms with Gasteiger partial charge in [-0.25, -0.2) is 0 Å². The number of aromatic nitrogens is 1. The molecule has 2 rings (SSSR count). The molecule has 1 saturated carbocycles. The third-order valence-electron chi connectivity index (χ3n) is 3.96. The molecule has 1 aromatic heterocycles. The van der Waals surface area contributed by atoms with Crippen molar-refractivity contribution < 1.29 is 4.52 Å². The van der Waals surface area contributed by atoms with Crippen LogP contribution >= 0.6 is 0 Å². The summed E-state index contributed by atoms with van der Waals surface area (Å²) in [6, 6.07) is 1.85. The summed E-state index contributed by atoms with van der Waals surface area (Å²) in [7, 11) is 1.79. The van der Waals surface area contributed by atoms with E-state index in [-0.39, 0.29) is 0 Å². The quantitative estimate of drug-likeness (QED) is 0.477. The fourth-order valence-corrected chi connectivity index (χ4v) is 2.80. The molecule has 0 atom stereocenters. The minimum absolute atomic E-state index is 0.638. The first kappa shape index (κ1) is 14.9. The van der Waals surface area contributed by atoms with Crippen LogP contribution in [0, 0.1) is 5.92 Å². The lowest BCUT2D eigenvalue weighted by atomic mass is 9.86. The van der Waals surface area contributed by atoms with Gasteiger partial charge in [-0.05, 0) is 18.8 Å². The summed E-state index contributed by atoms with van der Waals surface area (Å²) in [5.41, 5.74) is 0.884. The minimum Gasteiger partial charge on any atom is -0.364 e. The topological polar surface area (TPSA) is 62.5 Å². The van der Waals surface area contributed by atoms with Gasteiger partial charge < -0.3 is 15.2 Å². The first-order valence-corrected chi connectivity index (χ1v) is 7.72. The van der Waals surface area contributed by atoms with E-state index in [2.05, 4.69) is 20.8 Å². The molecule has 5 nitrogen and oxygen atoms in total. The van der Waals surface area contributed by atoms with Crippen LogP contribution in [-0.2, 0) is 6.54 Å². The molecule has 0 unspecified atom stereocenters. The van der Waals surface area contributed by atoms with Gasteiger partial charge in [-0.1, -0.05) is 37.3 Å². The first-order valence-electron chi connectivity index (χ1n) is 7.72. The number of guanidine groups is 1. The minimum atomic E-state index is 0.638. The van der Waals surface area contributed by atoms with Gasteiger partial charge >= 0.3 is 0 Å². The van der Waals surface area contributed by atoms with E-state index in [1.807, 2.05) is 6.07 Å². The van der Waals surface area contributed by atoms with Crippen LogP contribution in [-0.4, -0.2) is 24.7 Å². The Kier molecular flexibility index (Phi) is 6.41. The molecule has 112 valence electrons. The molecule has 0 aliphatic heterocycles. The van der Waals surface area contributed by atoms with Crippen molar-refractivity contribution in [1.82, 2.24) is 15.8 Å². The Morgan fingerprint density at radius 2 is 2.20 bits per heavy atom. The van der Waals surface area contributed by atoms with Crippen molar-refractivity contribution in [3.8, 4) is 0 Å². The van der Waals surface area contributed by atoms with Crippen molar-refractivity contribution in [2.75, 3.05) is 13.6 Å². The standard InChI is InChI=1S/C15H26N4O/c1-16-15(18-12-14-9-11-20-19-14)17-10-5-8-13-6-3-2-4-7-13/h9,11,13H,2-8,10,12H2,1H3,(H2,16,17,18). The number of rotatable bonds is 6. The second-order valence-electron chi connectivity index (χ2n) is 5.49. The Labute approximate surface area is 121 Å². The van der Waals surface area contributed by atoms with Gasteiger partial charge in [0.15, 0.2) is 5.96 Å². The van der Waals surface area contributed by atoms with E-state index < -0.39 is 0 Å². The van der Waals surface area contributed by atoms with E-state index in [4.69, 9.17) is 4.52 Å². The Bertz CT molecular complexity index is 383. The van der Waals surface area contributed by atoms with Gasteiger partial charge in [0.05, 0.1) is 6.54 Å². The van der Waals surface area contributed by atoms with Gasteiger partial charge in [-0.2, -0.15) is 0 Å². The van der Waals surface area contributed by atoms with Crippen LogP contribution in [0.25, 0.3) is 0 Å². The molecule has 0 aromatic carbocycles. The highest BCUT2D eigenvalue weighted by atomic mass is 16.5. The molecule has 5 heteroatoms. The number of nitrogens with one attached hydrogen (secondary N) is 2. The summed E-state index contributed by atoms with van der Waals surface area (Å²) in [6.45, 7) is 1.62. The van der Waals surface area contributed by atoms with Crippen molar-refractivity contribution in [2.45, 2.75) is 51.5 Å². The summed E-state index contributed by atoms with van der Waals surface area (Å²) in [5.74, 6) is 1.78. The second-order valence-corrected chi connectivity index (χ2v) is 5.49. The van der Waals surface area contributed by atoms with Crippen molar-refractivity contribution >= 4 is 5.96 Å². The molecule has 0 amide bonds. The zero-order valence-electron chi connectivity index (χ0n) is 12.4. The molecule has 20 heavy (non-hydrogen) atoms. The number of nitrogens with zero attached hydrogens (tertiary/aromatic N) is 2. The molecule has 1 aliphatic rings. The lowest BCUT2D eigenvalue weighted by molar-refractivity contribution is 0.332. The van der Waals surface area contributed by atoms with Gasteiger partial charge in [0.25, 0.3) is 0 Å². The average Bonchev–Trinajstić information content (AvgIpc) is 3.01. The normalized spacial score (nSPS) is 17.1. The third-order valence-corrected chi connectivity index (χ3v) is 3.96. The maximum Gasteiger partial charge on any atom is 0.191 e. The highest BCUT2D eigenvalue weighted by molar-refractivity contribution is 5.79. The van der Waals surface area contributed by atoms with Crippen molar-refractivity contribution in [3.63, 3.8) is 0 Å². The van der Waals surface area contributed by atoms with Crippen LogP contribution in [0.3, 0.4) is 0 Å². The monoisotopic (exact) mass is 278 g/mol.